The topological polar surface area (TPSA) is 76.2 Å². The van der Waals surface area contributed by atoms with Gasteiger partial charge in [-0.1, -0.05) is 25.3 Å². The third-order valence-corrected chi connectivity index (χ3v) is 9.73. The van der Waals surface area contributed by atoms with Crippen molar-refractivity contribution in [3.05, 3.63) is 23.8 Å². The molecule has 3 saturated heterocycles. The van der Waals surface area contributed by atoms with Gasteiger partial charge in [-0.3, -0.25) is 24.2 Å². The van der Waals surface area contributed by atoms with Crippen LogP contribution in [-0.2, 0) is 19.1 Å². The highest BCUT2D eigenvalue weighted by atomic mass is 32.2. The number of hydrogen-bond donors (Lipinski definition) is 0. The molecule has 0 radical (unpaired) electrons. The maximum atomic E-state index is 13.5. The van der Waals surface area contributed by atoms with Crippen LogP contribution < -0.4 is 4.74 Å². The minimum absolute atomic E-state index is 0.181. The number of likely N-dealkylation sites (tertiary alicyclic amines) is 1. The van der Waals surface area contributed by atoms with Crippen LogP contribution in [0.25, 0.3) is 0 Å². The molecule has 0 N–H and O–H groups in total. The number of ether oxygens (including phenoxy) is 2. The molecule has 1 aliphatic carbocycles. The maximum absolute atomic E-state index is 13.5. The zero-order chi connectivity index (χ0) is 24.0. The molecule has 3 unspecified atom stereocenters. The van der Waals surface area contributed by atoms with E-state index in [1.165, 1.54) is 44.1 Å². The van der Waals surface area contributed by atoms with Gasteiger partial charge in [0.1, 0.15) is 11.3 Å². The molecule has 3 aliphatic heterocycles. The highest BCUT2D eigenvalue weighted by Crippen LogP contribution is 2.59. The summed E-state index contributed by atoms with van der Waals surface area (Å²) in [4.78, 5) is 44.6. The molecular formula is C26H34N2O5S. The zero-order valence-electron chi connectivity index (χ0n) is 20.2. The number of imide groups is 1. The number of rotatable bonds is 6. The summed E-state index contributed by atoms with van der Waals surface area (Å²) < 4.78 is 11.0. The van der Waals surface area contributed by atoms with Crippen LogP contribution in [0, 0.1) is 11.8 Å². The monoisotopic (exact) mass is 486 g/mol. The molecule has 0 spiro atoms. The van der Waals surface area contributed by atoms with Crippen LogP contribution in [0.1, 0.15) is 63.5 Å². The lowest BCUT2D eigenvalue weighted by Crippen LogP contribution is -2.54. The molecule has 0 bridgehead atoms. The fourth-order valence-corrected chi connectivity index (χ4v) is 8.23. The number of fused-ring (bicyclic) bond motifs is 3. The number of benzene rings is 1. The Morgan fingerprint density at radius 3 is 2.56 bits per heavy atom. The third kappa shape index (κ3) is 3.40. The zero-order valence-corrected chi connectivity index (χ0v) is 21.1. The number of carbonyl (C=O) groups is 3. The fraction of sp³-hybridized carbons (Fsp3) is 0.654. The third-order valence-electron chi connectivity index (χ3n) is 8.33. The Labute approximate surface area is 205 Å². The Hall–Kier alpha value is -2.06. The van der Waals surface area contributed by atoms with E-state index in [1.807, 2.05) is 24.8 Å². The number of amides is 2. The largest absolute Gasteiger partial charge is 0.496 e. The first-order valence-electron chi connectivity index (χ1n) is 12.5. The van der Waals surface area contributed by atoms with Gasteiger partial charge in [0, 0.05) is 22.7 Å². The van der Waals surface area contributed by atoms with Gasteiger partial charge in [-0.25, -0.2) is 0 Å². The van der Waals surface area contributed by atoms with Crippen molar-refractivity contribution in [3.8, 4) is 5.75 Å². The van der Waals surface area contributed by atoms with Gasteiger partial charge in [-0.2, -0.15) is 0 Å². The van der Waals surface area contributed by atoms with Gasteiger partial charge in [0.05, 0.1) is 26.1 Å². The van der Waals surface area contributed by atoms with Crippen LogP contribution in [0.2, 0.25) is 0 Å². The lowest BCUT2D eigenvalue weighted by molar-refractivity contribution is -0.159. The van der Waals surface area contributed by atoms with Crippen molar-refractivity contribution in [1.82, 2.24) is 9.80 Å². The quantitative estimate of drug-likeness (QED) is 0.447. The number of esters is 1. The van der Waals surface area contributed by atoms with E-state index in [0.717, 1.165) is 22.6 Å². The Bertz CT molecular complexity index is 993. The van der Waals surface area contributed by atoms with Crippen molar-refractivity contribution in [2.45, 2.75) is 73.6 Å². The van der Waals surface area contributed by atoms with Crippen molar-refractivity contribution in [3.63, 3.8) is 0 Å². The molecule has 4 aliphatic rings. The lowest BCUT2D eigenvalue weighted by atomic mass is 9.77. The first-order valence-corrected chi connectivity index (χ1v) is 13.4. The molecule has 7 nitrogen and oxygen atoms in total. The fourth-order valence-electron chi connectivity index (χ4n) is 6.90. The number of carbonyl (C=O) groups excluding carboxylic acids is 3. The van der Waals surface area contributed by atoms with Gasteiger partial charge >= 0.3 is 5.97 Å². The normalized spacial score (nSPS) is 31.6. The molecule has 1 saturated carbocycles. The number of hydrogen-bond acceptors (Lipinski definition) is 7. The van der Waals surface area contributed by atoms with Gasteiger partial charge in [-0.15, -0.1) is 11.8 Å². The van der Waals surface area contributed by atoms with E-state index >= 15 is 0 Å². The van der Waals surface area contributed by atoms with Crippen LogP contribution in [0.5, 0.6) is 5.75 Å². The molecule has 1 aromatic rings. The molecule has 5 rings (SSSR count). The Morgan fingerprint density at radius 2 is 1.88 bits per heavy atom. The highest BCUT2D eigenvalue weighted by Gasteiger charge is 2.73. The number of methoxy groups -OCH3 is 2. The van der Waals surface area contributed by atoms with Gasteiger partial charge < -0.3 is 9.47 Å². The maximum Gasteiger partial charge on any atom is 0.327 e. The Balaban J connectivity index is 1.55. The molecule has 0 aromatic heterocycles. The van der Waals surface area contributed by atoms with E-state index in [2.05, 4.69) is 17.0 Å². The first-order chi connectivity index (χ1) is 16.5. The molecule has 2 amide bonds. The summed E-state index contributed by atoms with van der Waals surface area (Å²) in [6.07, 6.45) is 7.63. The average molecular weight is 487 g/mol. The van der Waals surface area contributed by atoms with E-state index in [4.69, 9.17) is 9.47 Å². The van der Waals surface area contributed by atoms with Crippen molar-refractivity contribution in [1.29, 1.82) is 0 Å². The van der Waals surface area contributed by atoms with Crippen molar-refractivity contribution < 1.29 is 23.9 Å². The van der Waals surface area contributed by atoms with E-state index < -0.39 is 23.3 Å². The smallest absolute Gasteiger partial charge is 0.327 e. The van der Waals surface area contributed by atoms with Crippen molar-refractivity contribution >= 4 is 29.5 Å². The molecule has 3 heterocycles. The Morgan fingerprint density at radius 1 is 1.12 bits per heavy atom. The molecule has 8 heteroatoms. The van der Waals surface area contributed by atoms with Gasteiger partial charge in [-0.05, 0) is 56.8 Å². The van der Waals surface area contributed by atoms with Gasteiger partial charge in [0.2, 0.25) is 11.8 Å². The summed E-state index contributed by atoms with van der Waals surface area (Å²) in [5.41, 5.74) is -0.157. The van der Waals surface area contributed by atoms with Gasteiger partial charge in [0.15, 0.2) is 0 Å². The molecule has 184 valence electrons. The number of nitrogens with zero attached hydrogens (tertiary/aromatic N) is 2. The van der Waals surface area contributed by atoms with E-state index in [0.29, 0.717) is 24.8 Å². The minimum atomic E-state index is -1.08. The summed E-state index contributed by atoms with van der Waals surface area (Å²) in [5, 5.41) is 0.599. The Kier molecular flexibility index (Phi) is 6.40. The summed E-state index contributed by atoms with van der Waals surface area (Å²) >= 11 is 1.88. The van der Waals surface area contributed by atoms with Crippen LogP contribution in [0.15, 0.2) is 23.1 Å². The van der Waals surface area contributed by atoms with E-state index in [9.17, 15) is 14.4 Å². The summed E-state index contributed by atoms with van der Waals surface area (Å²) in [7, 11) is 3.05. The average Bonchev–Trinajstić information content (AvgIpc) is 3.48. The summed E-state index contributed by atoms with van der Waals surface area (Å²) in [5.74, 6) is -1.33. The second-order valence-electron chi connectivity index (χ2n) is 9.87. The van der Waals surface area contributed by atoms with Crippen LogP contribution in [0.4, 0.5) is 0 Å². The second kappa shape index (κ2) is 9.19. The summed E-state index contributed by atoms with van der Waals surface area (Å²) in [6, 6.07) is 5.82. The van der Waals surface area contributed by atoms with Crippen LogP contribution in [0.3, 0.4) is 0 Å². The molecule has 4 fully saturated rings. The second-order valence-corrected chi connectivity index (χ2v) is 11.2. The summed E-state index contributed by atoms with van der Waals surface area (Å²) in [6.45, 7) is 2.78. The number of thioether (sulfide) groups is 1. The predicted octanol–water partition coefficient (Wildman–Crippen LogP) is 3.80. The van der Waals surface area contributed by atoms with Crippen LogP contribution >= 0.6 is 11.8 Å². The van der Waals surface area contributed by atoms with Crippen molar-refractivity contribution in [2.75, 3.05) is 27.3 Å². The van der Waals surface area contributed by atoms with E-state index in [-0.39, 0.29) is 17.9 Å². The first kappa shape index (κ1) is 23.7. The predicted molar refractivity (Wildman–Crippen MR) is 129 cm³/mol. The lowest BCUT2D eigenvalue weighted by Gasteiger charge is -2.36. The minimum Gasteiger partial charge on any atom is -0.496 e. The van der Waals surface area contributed by atoms with E-state index in [1.54, 1.807) is 7.11 Å². The SMILES string of the molecule is CCN1C(=O)C2C(c3ccc(SC4CCCCC4)c(OC)c3)N3CCC[C@@]3(C(=O)OC)C2C1=O. The molecule has 1 aromatic carbocycles. The van der Waals surface area contributed by atoms with Crippen LogP contribution in [-0.4, -0.2) is 65.7 Å². The standard InChI is InChI=1S/C26H34N2O5S/c1-4-27-23(29)20-21(24(27)30)26(25(31)33-3)13-8-14-28(26)22(20)16-11-12-19(18(15-16)32-2)34-17-9-6-5-7-10-17/h11-12,15,17,20-22H,4-10,13-14H2,1-3H3/t20?,21?,22?,26-/m0/s1. The molecular weight excluding hydrogens is 452 g/mol. The molecule has 34 heavy (non-hydrogen) atoms. The molecule has 4 atom stereocenters. The highest BCUT2D eigenvalue weighted by molar-refractivity contribution is 8.00. The van der Waals surface area contributed by atoms with Gasteiger partial charge in [0.25, 0.3) is 0 Å². The van der Waals surface area contributed by atoms with Crippen molar-refractivity contribution in [2.24, 2.45) is 11.8 Å².